The van der Waals surface area contributed by atoms with Crippen molar-refractivity contribution in [3.63, 3.8) is 0 Å². The van der Waals surface area contributed by atoms with Crippen LogP contribution >= 0.6 is 0 Å². The fourth-order valence-electron chi connectivity index (χ4n) is 4.15. The van der Waals surface area contributed by atoms with E-state index in [0.717, 1.165) is 18.4 Å². The molecule has 2 saturated heterocycles. The number of fused-ring (bicyclic) bond motifs is 3. The number of hydrogen-bond donors (Lipinski definition) is 0. The summed E-state index contributed by atoms with van der Waals surface area (Å²) in [5.74, 6) is 2.01. The molecule has 0 amide bonds. The summed E-state index contributed by atoms with van der Waals surface area (Å²) in [4.78, 5) is 7.72. The third-order valence-corrected chi connectivity index (χ3v) is 8.19. The average molecular weight is 339 g/mol. The molecule has 2 heteroatoms. The first-order valence-corrected chi connectivity index (χ1v) is 17.9. The third kappa shape index (κ3) is 3.55. The second-order valence-corrected chi connectivity index (χ2v) is 21.7. The van der Waals surface area contributed by atoms with Crippen molar-refractivity contribution in [3.8, 4) is 0 Å². The van der Waals surface area contributed by atoms with E-state index in [9.17, 15) is 0 Å². The molecule has 0 spiro atoms. The van der Waals surface area contributed by atoms with Gasteiger partial charge in [0.25, 0.3) is 0 Å². The second-order valence-electron chi connectivity index (χ2n) is 7.34. The molecule has 0 aliphatic carbocycles. The van der Waals surface area contributed by atoms with Crippen molar-refractivity contribution in [2.24, 2.45) is 5.92 Å². The van der Waals surface area contributed by atoms with E-state index < -0.39 is 18.4 Å². The Morgan fingerprint density at radius 3 is 2.18 bits per heavy atom. The maximum atomic E-state index is 2.84. The van der Waals surface area contributed by atoms with Crippen LogP contribution in [0.3, 0.4) is 0 Å². The van der Waals surface area contributed by atoms with Crippen molar-refractivity contribution in [2.75, 3.05) is 0 Å². The zero-order chi connectivity index (χ0) is 12.5. The van der Waals surface area contributed by atoms with Crippen LogP contribution in [0.5, 0.6) is 0 Å². The first kappa shape index (κ1) is 14.0. The summed E-state index contributed by atoms with van der Waals surface area (Å²) >= 11 is -1.77. The Labute approximate surface area is 113 Å². The second kappa shape index (κ2) is 5.71. The Morgan fingerprint density at radius 1 is 1.12 bits per heavy atom. The molecule has 0 N–H and O–H groups in total. The summed E-state index contributed by atoms with van der Waals surface area (Å²) < 4.78 is 2.84. The standard InChI is InChI=1S/C12H20B.3CH3.Sn/c1-3-13-10(2)11-6-4-8-12(13)9-5-7-11;;;;/h2,11-12H,3-9H2,1H3;3*1H3;. The first-order chi connectivity index (χ1) is 8.01. The van der Waals surface area contributed by atoms with Crippen LogP contribution in [-0.2, 0) is 0 Å². The molecule has 2 rings (SSSR count). The third-order valence-electron chi connectivity index (χ3n) is 4.76. The van der Waals surface area contributed by atoms with Gasteiger partial charge in [0.2, 0.25) is 0 Å². The summed E-state index contributed by atoms with van der Waals surface area (Å²) in [7, 11) is 0. The van der Waals surface area contributed by atoms with Gasteiger partial charge in [-0.3, -0.25) is 0 Å². The van der Waals surface area contributed by atoms with E-state index in [1.54, 1.807) is 0 Å². The van der Waals surface area contributed by atoms with Crippen molar-refractivity contribution < 1.29 is 0 Å². The summed E-state index contributed by atoms with van der Waals surface area (Å²) in [5, 5.41) is 0. The van der Waals surface area contributed by atoms with E-state index in [4.69, 9.17) is 0 Å². The first-order valence-electron chi connectivity index (χ1n) is 7.74. The van der Waals surface area contributed by atoms with Crippen LogP contribution in [0.4, 0.5) is 0 Å². The molecular weight excluding hydrogens is 310 g/mol. The van der Waals surface area contributed by atoms with E-state index in [2.05, 4.69) is 25.8 Å². The number of hydrogen-bond acceptors (Lipinski definition) is 0. The van der Waals surface area contributed by atoms with Gasteiger partial charge in [0, 0.05) is 0 Å². The molecule has 17 heavy (non-hydrogen) atoms. The van der Waals surface area contributed by atoms with Gasteiger partial charge in [-0.05, 0) is 0 Å². The Hall–Kier alpha value is 0.604. The Bertz CT molecular complexity index is 280. The molecule has 0 aromatic carbocycles. The summed E-state index contributed by atoms with van der Waals surface area (Å²) in [6.07, 6.45) is 10.4. The van der Waals surface area contributed by atoms with E-state index in [-0.39, 0.29) is 0 Å². The topological polar surface area (TPSA) is 0 Å². The van der Waals surface area contributed by atoms with Crippen LogP contribution < -0.4 is 0 Å². The molecular formula is C15H29BSn. The van der Waals surface area contributed by atoms with E-state index in [1.165, 1.54) is 44.8 Å². The van der Waals surface area contributed by atoms with Crippen LogP contribution in [0.15, 0.2) is 9.56 Å². The minimum atomic E-state index is -1.77. The van der Waals surface area contributed by atoms with Gasteiger partial charge in [0.05, 0.1) is 0 Å². The Morgan fingerprint density at radius 2 is 1.71 bits per heavy atom. The summed E-state index contributed by atoms with van der Waals surface area (Å²) in [6.45, 7) is 3.39. The zero-order valence-corrected chi connectivity index (χ0v) is 15.1. The monoisotopic (exact) mass is 340 g/mol. The Kier molecular flexibility index (Phi) is 4.71. The molecule has 0 atom stereocenters. The van der Waals surface area contributed by atoms with E-state index in [1.807, 2.05) is 5.47 Å². The fraction of sp³-hybridized carbons (Fsp3) is 0.867. The van der Waals surface area contributed by atoms with Gasteiger partial charge in [0.1, 0.15) is 0 Å². The van der Waals surface area contributed by atoms with Crippen molar-refractivity contribution in [1.82, 2.24) is 0 Å². The van der Waals surface area contributed by atoms with Crippen molar-refractivity contribution >= 4 is 25.1 Å². The number of rotatable bonds is 2. The predicted molar refractivity (Wildman–Crippen MR) is 82.6 cm³/mol. The van der Waals surface area contributed by atoms with Crippen LogP contribution in [0.1, 0.15) is 45.4 Å². The number of allylic oxidation sites excluding steroid dienone is 1. The van der Waals surface area contributed by atoms with Crippen LogP contribution in [0, 0.1) is 5.92 Å². The van der Waals surface area contributed by atoms with Gasteiger partial charge in [-0.15, -0.1) is 0 Å². The van der Waals surface area contributed by atoms with Crippen LogP contribution in [0.25, 0.3) is 0 Å². The van der Waals surface area contributed by atoms with Gasteiger partial charge in [-0.1, -0.05) is 0 Å². The summed E-state index contributed by atoms with van der Waals surface area (Å²) in [6, 6.07) is 0. The van der Waals surface area contributed by atoms with E-state index >= 15 is 0 Å². The Balaban J connectivity index is 2.34. The molecule has 2 aliphatic rings. The van der Waals surface area contributed by atoms with E-state index in [0.29, 0.717) is 0 Å². The maximum absolute atomic E-state index is 2.84. The summed E-state index contributed by atoms with van der Waals surface area (Å²) in [5.41, 5.74) is 1.94. The average Bonchev–Trinajstić information content (AvgIpc) is 2.42. The normalized spacial score (nSPS) is 32.7. The molecule has 0 aromatic heterocycles. The van der Waals surface area contributed by atoms with Gasteiger partial charge < -0.3 is 0 Å². The SMILES string of the molecule is CCB1/C(=[CH]\[Sn]([CH3])([CH3])[CH3])C2CCCC1CCC2. The van der Waals surface area contributed by atoms with Gasteiger partial charge in [-0.2, -0.15) is 0 Å². The van der Waals surface area contributed by atoms with Crippen molar-refractivity contribution in [3.05, 3.63) is 9.56 Å². The molecule has 2 aliphatic heterocycles. The quantitative estimate of drug-likeness (QED) is 0.607. The van der Waals surface area contributed by atoms with Gasteiger partial charge in [0.15, 0.2) is 0 Å². The minimum absolute atomic E-state index is 0.959. The zero-order valence-electron chi connectivity index (χ0n) is 12.3. The molecule has 0 unspecified atom stereocenters. The molecule has 2 fully saturated rings. The molecule has 2 heterocycles. The van der Waals surface area contributed by atoms with Crippen molar-refractivity contribution in [2.45, 2.75) is 72.4 Å². The molecule has 0 aromatic rings. The van der Waals surface area contributed by atoms with Gasteiger partial charge >= 0.3 is 113 Å². The van der Waals surface area contributed by atoms with Crippen molar-refractivity contribution in [1.29, 1.82) is 0 Å². The molecule has 0 saturated carbocycles. The molecule has 96 valence electrons. The predicted octanol–water partition coefficient (Wildman–Crippen LogP) is 5.20. The van der Waals surface area contributed by atoms with Crippen LogP contribution in [0.2, 0.25) is 27.0 Å². The molecule has 0 radical (unpaired) electrons. The molecule has 2 bridgehead atoms. The van der Waals surface area contributed by atoms with Crippen LogP contribution in [-0.4, -0.2) is 25.1 Å². The molecule has 0 nitrogen and oxygen atoms in total. The van der Waals surface area contributed by atoms with Gasteiger partial charge in [-0.25, -0.2) is 0 Å². The fourth-order valence-corrected chi connectivity index (χ4v) is 8.28.